The minimum absolute atomic E-state index is 0.128. The predicted octanol–water partition coefficient (Wildman–Crippen LogP) is 3.86. The van der Waals surface area contributed by atoms with Crippen LogP contribution in [0.3, 0.4) is 0 Å². The number of hydrogen-bond acceptors (Lipinski definition) is 7. The van der Waals surface area contributed by atoms with Gasteiger partial charge in [0, 0.05) is 59.5 Å². The Bertz CT molecular complexity index is 1440. The van der Waals surface area contributed by atoms with Gasteiger partial charge in [0.15, 0.2) is 5.13 Å². The summed E-state index contributed by atoms with van der Waals surface area (Å²) in [5.74, 6) is 1.44. The van der Waals surface area contributed by atoms with Gasteiger partial charge in [-0.2, -0.15) is 0 Å². The zero-order valence-electron chi connectivity index (χ0n) is 19.3. The van der Waals surface area contributed by atoms with E-state index in [-0.39, 0.29) is 17.7 Å². The number of aromatic nitrogens is 4. The maximum Gasteiger partial charge on any atom is 0.257 e. The average Bonchev–Trinajstić information content (AvgIpc) is 3.56. The molecule has 3 aromatic heterocycles. The SMILES string of the molecule is Cc1cnc(NC(=O)c2ccc(-c3nc(C4CCC5CCC(=O)N5C4)n4ccnc(N)c34)cc2)s1. The van der Waals surface area contributed by atoms with Gasteiger partial charge in [0.25, 0.3) is 5.91 Å². The van der Waals surface area contributed by atoms with E-state index in [4.69, 9.17) is 10.7 Å². The van der Waals surface area contributed by atoms with Crippen LogP contribution in [0.1, 0.15) is 52.7 Å². The molecule has 178 valence electrons. The van der Waals surface area contributed by atoms with E-state index < -0.39 is 0 Å². The highest BCUT2D eigenvalue weighted by atomic mass is 32.1. The van der Waals surface area contributed by atoms with Crippen molar-refractivity contribution in [1.82, 2.24) is 24.3 Å². The fourth-order valence-corrected chi connectivity index (χ4v) is 5.87. The number of rotatable bonds is 4. The molecule has 4 aromatic rings. The summed E-state index contributed by atoms with van der Waals surface area (Å²) < 4.78 is 2.01. The number of amides is 2. The Morgan fingerprint density at radius 3 is 2.77 bits per heavy atom. The van der Waals surface area contributed by atoms with Crippen LogP contribution in [0.4, 0.5) is 10.9 Å². The first-order valence-electron chi connectivity index (χ1n) is 11.7. The van der Waals surface area contributed by atoms with Gasteiger partial charge in [0.05, 0.1) is 0 Å². The van der Waals surface area contributed by atoms with E-state index in [1.165, 1.54) is 11.3 Å². The molecule has 0 saturated carbocycles. The lowest BCUT2D eigenvalue weighted by molar-refractivity contribution is -0.130. The second-order valence-electron chi connectivity index (χ2n) is 9.17. The molecule has 2 amide bonds. The Hall–Kier alpha value is -3.79. The summed E-state index contributed by atoms with van der Waals surface area (Å²) >= 11 is 1.43. The van der Waals surface area contributed by atoms with E-state index in [1.807, 2.05) is 34.6 Å². The molecule has 35 heavy (non-hydrogen) atoms. The number of nitrogen functional groups attached to an aromatic ring is 1. The lowest BCUT2D eigenvalue weighted by atomic mass is 9.92. The second kappa shape index (κ2) is 8.46. The Morgan fingerprint density at radius 1 is 1.17 bits per heavy atom. The van der Waals surface area contributed by atoms with Crippen molar-refractivity contribution in [3.05, 3.63) is 59.1 Å². The molecule has 5 heterocycles. The molecule has 2 unspecified atom stereocenters. The van der Waals surface area contributed by atoms with Gasteiger partial charge in [-0.25, -0.2) is 15.0 Å². The van der Waals surface area contributed by atoms with Crippen LogP contribution < -0.4 is 11.1 Å². The quantitative estimate of drug-likeness (QED) is 0.451. The number of imidazole rings is 1. The average molecular weight is 488 g/mol. The molecule has 2 aliphatic heterocycles. The van der Waals surface area contributed by atoms with Crippen molar-refractivity contribution in [3.63, 3.8) is 0 Å². The second-order valence-corrected chi connectivity index (χ2v) is 10.4. The van der Waals surface area contributed by atoms with Gasteiger partial charge in [0.1, 0.15) is 22.9 Å². The zero-order valence-corrected chi connectivity index (χ0v) is 20.1. The topological polar surface area (TPSA) is 119 Å². The third-order valence-corrected chi connectivity index (χ3v) is 7.78. The Balaban J connectivity index is 1.32. The molecule has 6 rings (SSSR count). The number of nitrogens with one attached hydrogen (secondary N) is 1. The molecule has 1 aromatic carbocycles. The molecule has 2 aliphatic rings. The molecule has 2 fully saturated rings. The van der Waals surface area contributed by atoms with Crippen molar-refractivity contribution in [1.29, 1.82) is 0 Å². The van der Waals surface area contributed by atoms with Crippen LogP contribution in [0.25, 0.3) is 16.8 Å². The first-order chi connectivity index (χ1) is 17.0. The molecule has 0 aliphatic carbocycles. The monoisotopic (exact) mass is 487 g/mol. The molecule has 0 radical (unpaired) electrons. The third-order valence-electron chi connectivity index (χ3n) is 6.96. The summed E-state index contributed by atoms with van der Waals surface area (Å²) in [6, 6.07) is 7.67. The fraction of sp³-hybridized carbons (Fsp3) is 0.320. The largest absolute Gasteiger partial charge is 0.382 e. The number of anilines is 2. The first kappa shape index (κ1) is 21.7. The maximum atomic E-state index is 12.6. The van der Waals surface area contributed by atoms with Gasteiger partial charge < -0.3 is 10.6 Å². The number of nitrogens with zero attached hydrogens (tertiary/aromatic N) is 5. The highest BCUT2D eigenvalue weighted by molar-refractivity contribution is 7.15. The van der Waals surface area contributed by atoms with E-state index >= 15 is 0 Å². The number of thiazole rings is 1. The molecule has 2 atom stereocenters. The van der Waals surface area contributed by atoms with Crippen LogP contribution in [0.15, 0.2) is 42.9 Å². The molecular weight excluding hydrogens is 462 g/mol. The van der Waals surface area contributed by atoms with Gasteiger partial charge in [-0.05, 0) is 38.3 Å². The number of hydrogen-bond donors (Lipinski definition) is 2. The van der Waals surface area contributed by atoms with Crippen molar-refractivity contribution in [2.24, 2.45) is 0 Å². The Labute approximate surface area is 206 Å². The Morgan fingerprint density at radius 2 is 2.00 bits per heavy atom. The lowest BCUT2D eigenvalue weighted by Gasteiger charge is -2.34. The minimum Gasteiger partial charge on any atom is -0.382 e. The summed E-state index contributed by atoms with van der Waals surface area (Å²) in [6.07, 6.45) is 8.86. The first-order valence-corrected chi connectivity index (χ1v) is 12.6. The van der Waals surface area contributed by atoms with Gasteiger partial charge in [-0.1, -0.05) is 12.1 Å². The van der Waals surface area contributed by atoms with Crippen molar-refractivity contribution < 1.29 is 9.59 Å². The van der Waals surface area contributed by atoms with E-state index in [2.05, 4.69) is 15.3 Å². The molecule has 10 heteroatoms. The smallest absolute Gasteiger partial charge is 0.257 e. The van der Waals surface area contributed by atoms with Gasteiger partial charge in [-0.3, -0.25) is 19.3 Å². The maximum absolute atomic E-state index is 12.6. The summed E-state index contributed by atoms with van der Waals surface area (Å²) in [5.41, 5.74) is 9.15. The standard InChI is InChI=1S/C25H25N7O2S/c1-14-12-28-25(35-14)30-24(34)16-4-2-15(3-5-16)20-21-22(26)27-10-11-31(21)23(29-20)17-6-7-18-8-9-19(33)32(18)13-17/h2-5,10-12,17-18H,6-9,13H2,1H3,(H2,26,27)(H,28,30,34). The van der Waals surface area contributed by atoms with Gasteiger partial charge >= 0.3 is 0 Å². The van der Waals surface area contributed by atoms with Crippen molar-refractivity contribution in [2.45, 2.75) is 44.6 Å². The van der Waals surface area contributed by atoms with Crippen LogP contribution in [0, 0.1) is 6.92 Å². The van der Waals surface area contributed by atoms with E-state index in [0.717, 1.165) is 46.7 Å². The van der Waals surface area contributed by atoms with Crippen LogP contribution in [-0.2, 0) is 4.79 Å². The number of carbonyl (C=O) groups excluding carboxylic acids is 2. The molecule has 2 saturated heterocycles. The number of nitrogens with two attached hydrogens (primary N) is 1. The van der Waals surface area contributed by atoms with Crippen LogP contribution in [0.2, 0.25) is 0 Å². The van der Waals surface area contributed by atoms with Gasteiger partial charge in [-0.15, -0.1) is 11.3 Å². The molecule has 9 nitrogen and oxygen atoms in total. The molecule has 0 bridgehead atoms. The molecule has 3 N–H and O–H groups in total. The highest BCUT2D eigenvalue weighted by Gasteiger charge is 2.38. The number of piperidine rings is 1. The highest BCUT2D eigenvalue weighted by Crippen LogP contribution is 2.38. The van der Waals surface area contributed by atoms with Crippen molar-refractivity contribution >= 4 is 39.6 Å². The molecule has 0 spiro atoms. The number of benzene rings is 1. The minimum atomic E-state index is -0.213. The summed E-state index contributed by atoms with van der Waals surface area (Å²) in [6.45, 7) is 2.63. The van der Waals surface area contributed by atoms with Crippen LogP contribution in [-0.4, -0.2) is 48.7 Å². The lowest BCUT2D eigenvalue weighted by Crippen LogP contribution is -2.41. The molecular formula is C25H25N7O2S. The van der Waals surface area contributed by atoms with Crippen LogP contribution >= 0.6 is 11.3 Å². The summed E-state index contributed by atoms with van der Waals surface area (Å²) in [7, 11) is 0. The van der Waals surface area contributed by atoms with E-state index in [1.54, 1.807) is 24.5 Å². The number of aryl methyl sites for hydroxylation is 1. The van der Waals surface area contributed by atoms with E-state index in [9.17, 15) is 9.59 Å². The fourth-order valence-electron chi connectivity index (χ4n) is 5.21. The summed E-state index contributed by atoms with van der Waals surface area (Å²) in [5, 5.41) is 3.41. The van der Waals surface area contributed by atoms with Gasteiger partial charge in [0.2, 0.25) is 5.91 Å². The van der Waals surface area contributed by atoms with E-state index in [0.29, 0.717) is 35.5 Å². The summed E-state index contributed by atoms with van der Waals surface area (Å²) in [4.78, 5) is 41.6. The Kier molecular flexibility index (Phi) is 5.25. The number of carbonyl (C=O) groups is 2. The third kappa shape index (κ3) is 3.83. The zero-order chi connectivity index (χ0) is 24.1. The van der Waals surface area contributed by atoms with Crippen LogP contribution in [0.5, 0.6) is 0 Å². The predicted molar refractivity (Wildman–Crippen MR) is 134 cm³/mol. The van der Waals surface area contributed by atoms with Crippen molar-refractivity contribution in [2.75, 3.05) is 17.6 Å². The van der Waals surface area contributed by atoms with Crippen molar-refractivity contribution in [3.8, 4) is 11.3 Å². The number of fused-ring (bicyclic) bond motifs is 2. The normalized spacial score (nSPS) is 19.8.